The maximum Gasteiger partial charge on any atom is 0.224 e. The van der Waals surface area contributed by atoms with E-state index in [1.54, 1.807) is 36.4 Å². The average molecular weight is 428 g/mol. The van der Waals surface area contributed by atoms with Crippen molar-refractivity contribution in [2.24, 2.45) is 0 Å². The van der Waals surface area contributed by atoms with Crippen LogP contribution in [0.25, 0.3) is 0 Å². The number of benzene rings is 3. The van der Waals surface area contributed by atoms with E-state index in [1.807, 2.05) is 36.4 Å². The molecule has 0 bridgehead atoms. The third kappa shape index (κ3) is 5.40. The van der Waals surface area contributed by atoms with Gasteiger partial charge in [-0.05, 0) is 48.7 Å². The van der Waals surface area contributed by atoms with Crippen molar-refractivity contribution >= 4 is 29.0 Å². The van der Waals surface area contributed by atoms with E-state index in [1.165, 1.54) is 0 Å². The van der Waals surface area contributed by atoms with Gasteiger partial charge in [0, 0.05) is 35.3 Å². The van der Waals surface area contributed by atoms with Gasteiger partial charge in [0.15, 0.2) is 5.78 Å². The molecular weight excluding hydrogens is 404 g/mol. The highest BCUT2D eigenvalue weighted by Crippen LogP contribution is 2.27. The molecule has 0 aromatic heterocycles. The first-order valence-electron chi connectivity index (χ1n) is 10.6. The first kappa shape index (κ1) is 21.3. The Bertz CT molecular complexity index is 1140. The van der Waals surface area contributed by atoms with E-state index in [0.29, 0.717) is 49.1 Å². The summed E-state index contributed by atoms with van der Waals surface area (Å²) in [7, 11) is 0. The molecule has 0 radical (unpaired) electrons. The molecule has 2 N–H and O–H groups in total. The molecule has 1 aliphatic heterocycles. The SMILES string of the molecule is O=C(CCCOc1ccc2c(c1)CCC(=O)N2)Nc1cccc(C(=O)c2ccccc2)c1. The Morgan fingerprint density at radius 1 is 0.906 bits per heavy atom. The van der Waals surface area contributed by atoms with Crippen LogP contribution in [0.5, 0.6) is 5.75 Å². The summed E-state index contributed by atoms with van der Waals surface area (Å²) in [6.07, 6.45) is 2.04. The molecule has 3 aromatic carbocycles. The van der Waals surface area contributed by atoms with Gasteiger partial charge < -0.3 is 15.4 Å². The molecule has 0 aliphatic carbocycles. The summed E-state index contributed by atoms with van der Waals surface area (Å²) >= 11 is 0. The predicted octanol–water partition coefficient (Wildman–Crippen LogP) is 4.60. The molecule has 0 unspecified atom stereocenters. The van der Waals surface area contributed by atoms with E-state index in [4.69, 9.17) is 4.74 Å². The van der Waals surface area contributed by atoms with Crippen molar-refractivity contribution in [2.45, 2.75) is 25.7 Å². The zero-order valence-electron chi connectivity index (χ0n) is 17.6. The number of fused-ring (bicyclic) bond motifs is 1. The van der Waals surface area contributed by atoms with Crippen LogP contribution in [0, 0.1) is 0 Å². The summed E-state index contributed by atoms with van der Waals surface area (Å²) in [5.74, 6) is 0.547. The number of hydrogen-bond donors (Lipinski definition) is 2. The van der Waals surface area contributed by atoms with E-state index in [9.17, 15) is 14.4 Å². The smallest absolute Gasteiger partial charge is 0.224 e. The summed E-state index contributed by atoms with van der Waals surface area (Å²) in [5.41, 5.74) is 3.62. The van der Waals surface area contributed by atoms with Crippen LogP contribution >= 0.6 is 0 Å². The van der Waals surface area contributed by atoms with Crippen molar-refractivity contribution in [2.75, 3.05) is 17.2 Å². The van der Waals surface area contributed by atoms with Crippen LogP contribution in [-0.4, -0.2) is 24.2 Å². The third-order valence-corrected chi connectivity index (χ3v) is 5.23. The molecule has 162 valence electrons. The third-order valence-electron chi connectivity index (χ3n) is 5.23. The minimum Gasteiger partial charge on any atom is -0.494 e. The highest BCUT2D eigenvalue weighted by atomic mass is 16.5. The molecular formula is C26H24N2O4. The number of hydrogen-bond acceptors (Lipinski definition) is 4. The van der Waals surface area contributed by atoms with Crippen molar-refractivity contribution < 1.29 is 19.1 Å². The zero-order chi connectivity index (χ0) is 22.3. The number of carbonyl (C=O) groups excluding carboxylic acids is 3. The molecule has 1 heterocycles. The monoisotopic (exact) mass is 428 g/mol. The number of ketones is 1. The van der Waals surface area contributed by atoms with Gasteiger partial charge in [-0.3, -0.25) is 14.4 Å². The molecule has 0 saturated carbocycles. The molecule has 32 heavy (non-hydrogen) atoms. The maximum absolute atomic E-state index is 12.6. The number of carbonyl (C=O) groups is 3. The second kappa shape index (κ2) is 9.92. The van der Waals surface area contributed by atoms with Gasteiger partial charge in [0.05, 0.1) is 6.61 Å². The minimum atomic E-state index is -0.133. The first-order valence-corrected chi connectivity index (χ1v) is 10.6. The predicted molar refractivity (Wildman–Crippen MR) is 123 cm³/mol. The summed E-state index contributed by atoms with van der Waals surface area (Å²) < 4.78 is 5.76. The number of ether oxygens (including phenoxy) is 1. The number of amides is 2. The van der Waals surface area contributed by atoms with Crippen LogP contribution in [-0.2, 0) is 16.0 Å². The summed E-state index contributed by atoms with van der Waals surface area (Å²) in [6.45, 7) is 0.408. The topological polar surface area (TPSA) is 84.5 Å². The number of aryl methyl sites for hydroxylation is 1. The zero-order valence-corrected chi connectivity index (χ0v) is 17.6. The fourth-order valence-corrected chi connectivity index (χ4v) is 3.59. The van der Waals surface area contributed by atoms with Gasteiger partial charge in [-0.2, -0.15) is 0 Å². The van der Waals surface area contributed by atoms with Crippen LogP contribution < -0.4 is 15.4 Å². The van der Waals surface area contributed by atoms with E-state index in [-0.39, 0.29) is 17.6 Å². The highest BCUT2D eigenvalue weighted by Gasteiger charge is 2.15. The minimum absolute atomic E-state index is 0.0344. The number of anilines is 2. The van der Waals surface area contributed by atoms with Gasteiger partial charge in [-0.1, -0.05) is 42.5 Å². The van der Waals surface area contributed by atoms with Crippen LogP contribution in [0.1, 0.15) is 40.7 Å². The Morgan fingerprint density at radius 3 is 2.56 bits per heavy atom. The van der Waals surface area contributed by atoms with Crippen molar-refractivity contribution in [1.29, 1.82) is 0 Å². The van der Waals surface area contributed by atoms with Gasteiger partial charge in [0.1, 0.15) is 5.75 Å². The van der Waals surface area contributed by atoms with Crippen LogP contribution in [0.15, 0.2) is 72.8 Å². The van der Waals surface area contributed by atoms with E-state index >= 15 is 0 Å². The fraction of sp³-hybridized carbons (Fsp3) is 0.192. The number of nitrogens with one attached hydrogen (secondary N) is 2. The summed E-state index contributed by atoms with van der Waals surface area (Å²) in [6, 6.07) is 21.6. The van der Waals surface area contributed by atoms with Gasteiger partial charge in [-0.15, -0.1) is 0 Å². The molecule has 2 amide bonds. The normalized spacial score (nSPS) is 12.4. The maximum atomic E-state index is 12.6. The van der Waals surface area contributed by atoms with Crippen LogP contribution in [0.2, 0.25) is 0 Å². The lowest BCUT2D eigenvalue weighted by Gasteiger charge is -2.17. The van der Waals surface area contributed by atoms with E-state index < -0.39 is 0 Å². The quantitative estimate of drug-likeness (QED) is 0.406. The van der Waals surface area contributed by atoms with E-state index in [2.05, 4.69) is 10.6 Å². The number of rotatable bonds is 8. The summed E-state index contributed by atoms with van der Waals surface area (Å²) in [5, 5.41) is 5.69. The molecule has 0 fully saturated rings. The lowest BCUT2D eigenvalue weighted by Crippen LogP contribution is -2.18. The van der Waals surface area contributed by atoms with Crippen LogP contribution in [0.4, 0.5) is 11.4 Å². The van der Waals surface area contributed by atoms with Crippen LogP contribution in [0.3, 0.4) is 0 Å². The first-order chi connectivity index (χ1) is 15.6. The Hall–Kier alpha value is -3.93. The standard InChI is InChI=1S/C26H24N2O4/c29-24(10-5-15-32-22-12-13-23-19(17-22)11-14-25(30)28-23)27-21-9-4-8-20(16-21)26(31)18-6-2-1-3-7-18/h1-4,6-9,12-13,16-17H,5,10-11,14-15H2,(H,27,29)(H,28,30). The second-order valence-corrected chi connectivity index (χ2v) is 7.64. The largest absolute Gasteiger partial charge is 0.494 e. The molecule has 6 heteroatoms. The lowest BCUT2D eigenvalue weighted by atomic mass is 10.0. The van der Waals surface area contributed by atoms with Crippen molar-refractivity contribution in [3.05, 3.63) is 89.5 Å². The average Bonchev–Trinajstić information content (AvgIpc) is 2.82. The Kier molecular flexibility index (Phi) is 6.60. The van der Waals surface area contributed by atoms with Crippen molar-refractivity contribution in [1.82, 2.24) is 0 Å². The van der Waals surface area contributed by atoms with E-state index in [0.717, 1.165) is 17.0 Å². The van der Waals surface area contributed by atoms with Gasteiger partial charge in [0.2, 0.25) is 11.8 Å². The Balaban J connectivity index is 1.25. The highest BCUT2D eigenvalue weighted by molar-refractivity contribution is 6.09. The van der Waals surface area contributed by atoms with Crippen molar-refractivity contribution in [3.8, 4) is 5.75 Å². The van der Waals surface area contributed by atoms with Gasteiger partial charge in [-0.25, -0.2) is 0 Å². The molecule has 0 saturated heterocycles. The molecule has 0 spiro atoms. The lowest BCUT2D eigenvalue weighted by molar-refractivity contribution is -0.117. The van der Waals surface area contributed by atoms with Crippen molar-refractivity contribution in [3.63, 3.8) is 0 Å². The van der Waals surface area contributed by atoms with Gasteiger partial charge >= 0.3 is 0 Å². The fourth-order valence-electron chi connectivity index (χ4n) is 3.59. The Morgan fingerprint density at radius 2 is 1.72 bits per heavy atom. The molecule has 6 nitrogen and oxygen atoms in total. The van der Waals surface area contributed by atoms with Gasteiger partial charge in [0.25, 0.3) is 0 Å². The summed E-state index contributed by atoms with van der Waals surface area (Å²) in [4.78, 5) is 36.3. The Labute approximate surface area is 186 Å². The molecule has 0 atom stereocenters. The molecule has 3 aromatic rings. The second-order valence-electron chi connectivity index (χ2n) is 7.64. The molecule has 1 aliphatic rings. The molecule has 4 rings (SSSR count).